The lowest BCUT2D eigenvalue weighted by Crippen LogP contribution is -2.35. The van der Waals surface area contributed by atoms with Crippen LogP contribution in [0.15, 0.2) is 67.8 Å². The van der Waals surface area contributed by atoms with E-state index in [1.807, 2.05) is 6.07 Å². The zero-order valence-corrected chi connectivity index (χ0v) is 17.2. The SMILES string of the molecule is C=CCN(CC=C)C(=O)COC(=O)c1ccc2c(c1)C(=O)N(c1ccccc1C)C2=O. The van der Waals surface area contributed by atoms with Gasteiger partial charge in [0, 0.05) is 13.1 Å². The van der Waals surface area contributed by atoms with Gasteiger partial charge in [-0.2, -0.15) is 0 Å². The number of para-hydroxylation sites is 1. The van der Waals surface area contributed by atoms with Crippen LogP contribution in [0.25, 0.3) is 0 Å². The molecule has 0 unspecified atom stereocenters. The minimum Gasteiger partial charge on any atom is -0.452 e. The Balaban J connectivity index is 1.76. The van der Waals surface area contributed by atoms with Crippen LogP contribution in [0.2, 0.25) is 0 Å². The van der Waals surface area contributed by atoms with Crippen molar-refractivity contribution in [2.75, 3.05) is 24.6 Å². The van der Waals surface area contributed by atoms with Crippen LogP contribution in [0, 0.1) is 6.92 Å². The lowest BCUT2D eigenvalue weighted by atomic mass is 10.1. The van der Waals surface area contributed by atoms with E-state index in [-0.39, 0.29) is 16.7 Å². The van der Waals surface area contributed by atoms with Crippen molar-refractivity contribution in [3.05, 3.63) is 90.0 Å². The molecule has 31 heavy (non-hydrogen) atoms. The van der Waals surface area contributed by atoms with Crippen molar-refractivity contribution in [2.45, 2.75) is 6.92 Å². The van der Waals surface area contributed by atoms with E-state index in [2.05, 4.69) is 13.2 Å². The molecular formula is C24H22N2O5. The molecule has 2 aromatic rings. The van der Waals surface area contributed by atoms with Crippen LogP contribution >= 0.6 is 0 Å². The molecule has 2 aromatic carbocycles. The van der Waals surface area contributed by atoms with Crippen LogP contribution in [0.4, 0.5) is 5.69 Å². The zero-order chi connectivity index (χ0) is 22.5. The first-order chi connectivity index (χ1) is 14.9. The van der Waals surface area contributed by atoms with Crippen LogP contribution in [0.5, 0.6) is 0 Å². The molecule has 1 heterocycles. The topological polar surface area (TPSA) is 84.0 Å². The van der Waals surface area contributed by atoms with Crippen molar-refractivity contribution in [3.8, 4) is 0 Å². The van der Waals surface area contributed by atoms with Gasteiger partial charge in [0.1, 0.15) is 0 Å². The minimum atomic E-state index is -0.761. The zero-order valence-electron chi connectivity index (χ0n) is 17.2. The molecule has 0 fully saturated rings. The van der Waals surface area contributed by atoms with Crippen molar-refractivity contribution in [1.82, 2.24) is 4.90 Å². The Labute approximate surface area is 180 Å². The van der Waals surface area contributed by atoms with Gasteiger partial charge >= 0.3 is 5.97 Å². The Bertz CT molecular complexity index is 1080. The summed E-state index contributed by atoms with van der Waals surface area (Å²) in [6, 6.07) is 11.2. The Hall–Kier alpha value is -4.00. The van der Waals surface area contributed by atoms with Crippen LogP contribution in [-0.4, -0.2) is 48.3 Å². The number of aryl methyl sites for hydroxylation is 1. The van der Waals surface area contributed by atoms with Crippen LogP contribution in [-0.2, 0) is 9.53 Å². The first-order valence-electron chi connectivity index (χ1n) is 9.64. The molecule has 3 amide bonds. The fourth-order valence-electron chi connectivity index (χ4n) is 3.29. The highest BCUT2D eigenvalue weighted by atomic mass is 16.5. The van der Waals surface area contributed by atoms with E-state index in [1.54, 1.807) is 37.3 Å². The number of carbonyl (C=O) groups is 4. The molecule has 158 valence electrons. The van der Waals surface area contributed by atoms with Crippen molar-refractivity contribution >= 4 is 29.4 Å². The molecule has 3 rings (SSSR count). The summed E-state index contributed by atoms with van der Waals surface area (Å²) in [5, 5.41) is 0. The predicted molar refractivity (Wildman–Crippen MR) is 116 cm³/mol. The molecular weight excluding hydrogens is 396 g/mol. The lowest BCUT2D eigenvalue weighted by molar-refractivity contribution is -0.133. The second-order valence-corrected chi connectivity index (χ2v) is 6.94. The number of ether oxygens (including phenoxy) is 1. The number of carbonyl (C=O) groups excluding carboxylic acids is 4. The third-order valence-electron chi connectivity index (χ3n) is 4.86. The molecule has 7 nitrogen and oxygen atoms in total. The summed E-state index contributed by atoms with van der Waals surface area (Å²) in [5.41, 5.74) is 1.68. The molecule has 0 aromatic heterocycles. The molecule has 0 aliphatic carbocycles. The second kappa shape index (κ2) is 9.21. The van der Waals surface area contributed by atoms with Gasteiger partial charge in [0.25, 0.3) is 17.7 Å². The molecule has 1 aliphatic heterocycles. The van der Waals surface area contributed by atoms with Gasteiger partial charge in [-0.05, 0) is 36.8 Å². The molecule has 0 N–H and O–H groups in total. The second-order valence-electron chi connectivity index (χ2n) is 6.94. The Morgan fingerprint density at radius 1 is 1.00 bits per heavy atom. The molecule has 1 aliphatic rings. The van der Waals surface area contributed by atoms with Crippen molar-refractivity contribution in [2.24, 2.45) is 0 Å². The highest BCUT2D eigenvalue weighted by Crippen LogP contribution is 2.31. The van der Waals surface area contributed by atoms with E-state index in [0.29, 0.717) is 18.8 Å². The fraction of sp³-hybridized carbons (Fsp3) is 0.167. The maximum absolute atomic E-state index is 12.9. The fourth-order valence-corrected chi connectivity index (χ4v) is 3.29. The van der Waals surface area contributed by atoms with Crippen molar-refractivity contribution in [3.63, 3.8) is 0 Å². The quantitative estimate of drug-likeness (QED) is 0.374. The third-order valence-corrected chi connectivity index (χ3v) is 4.86. The minimum absolute atomic E-state index is 0.0818. The first-order valence-corrected chi connectivity index (χ1v) is 9.64. The maximum Gasteiger partial charge on any atom is 0.338 e. The monoisotopic (exact) mass is 418 g/mol. The number of benzene rings is 2. The van der Waals surface area contributed by atoms with Crippen LogP contribution in [0.3, 0.4) is 0 Å². The molecule has 0 bridgehead atoms. The summed E-state index contributed by atoms with van der Waals surface area (Å²) in [6.45, 7) is 9.12. The van der Waals surface area contributed by atoms with Gasteiger partial charge in [-0.1, -0.05) is 30.4 Å². The van der Waals surface area contributed by atoms with Gasteiger partial charge in [0.05, 0.1) is 22.4 Å². The molecule has 0 saturated heterocycles. The van der Waals surface area contributed by atoms with E-state index in [1.165, 1.54) is 23.1 Å². The summed E-state index contributed by atoms with van der Waals surface area (Å²) < 4.78 is 5.11. The van der Waals surface area contributed by atoms with E-state index in [9.17, 15) is 19.2 Å². The maximum atomic E-state index is 12.9. The number of imide groups is 1. The lowest BCUT2D eigenvalue weighted by Gasteiger charge is -2.18. The molecule has 0 saturated carbocycles. The van der Waals surface area contributed by atoms with Gasteiger partial charge in [0.15, 0.2) is 6.61 Å². The number of amides is 3. The number of rotatable bonds is 8. The number of fused-ring (bicyclic) bond motifs is 1. The Morgan fingerprint density at radius 2 is 1.65 bits per heavy atom. The summed E-state index contributed by atoms with van der Waals surface area (Å²) in [4.78, 5) is 52.9. The number of hydrogen-bond donors (Lipinski definition) is 0. The average molecular weight is 418 g/mol. The van der Waals surface area contributed by atoms with E-state index < -0.39 is 30.3 Å². The normalized spacial score (nSPS) is 12.4. The number of anilines is 1. The van der Waals surface area contributed by atoms with E-state index in [0.717, 1.165) is 10.5 Å². The van der Waals surface area contributed by atoms with Crippen LogP contribution in [0.1, 0.15) is 36.6 Å². The van der Waals surface area contributed by atoms with Gasteiger partial charge in [-0.3, -0.25) is 14.4 Å². The summed E-state index contributed by atoms with van der Waals surface area (Å²) in [7, 11) is 0. The molecule has 0 spiro atoms. The highest BCUT2D eigenvalue weighted by molar-refractivity contribution is 6.34. The van der Waals surface area contributed by atoms with E-state index >= 15 is 0 Å². The molecule has 7 heteroatoms. The van der Waals surface area contributed by atoms with Crippen LogP contribution < -0.4 is 4.90 Å². The summed E-state index contributed by atoms with van der Waals surface area (Å²) in [6.07, 6.45) is 3.12. The number of hydrogen-bond acceptors (Lipinski definition) is 5. The van der Waals surface area contributed by atoms with Gasteiger partial charge in [-0.25, -0.2) is 9.69 Å². The highest BCUT2D eigenvalue weighted by Gasteiger charge is 2.37. The number of nitrogens with zero attached hydrogens (tertiary/aromatic N) is 2. The van der Waals surface area contributed by atoms with Crippen molar-refractivity contribution < 1.29 is 23.9 Å². The summed E-state index contributed by atoms with van der Waals surface area (Å²) >= 11 is 0. The smallest absolute Gasteiger partial charge is 0.338 e. The first kappa shape index (κ1) is 21.7. The summed E-state index contributed by atoms with van der Waals surface area (Å²) in [5.74, 6) is -2.12. The largest absolute Gasteiger partial charge is 0.452 e. The Morgan fingerprint density at radius 3 is 2.29 bits per heavy atom. The third kappa shape index (κ3) is 4.30. The molecule has 0 radical (unpaired) electrons. The van der Waals surface area contributed by atoms with Gasteiger partial charge in [0.2, 0.25) is 0 Å². The number of esters is 1. The predicted octanol–water partition coefficient (Wildman–Crippen LogP) is 3.15. The molecule has 0 atom stereocenters. The Kier molecular flexibility index (Phi) is 6.45. The van der Waals surface area contributed by atoms with Gasteiger partial charge < -0.3 is 9.64 Å². The average Bonchev–Trinajstić information content (AvgIpc) is 3.01. The standard InChI is InChI=1S/C24H22N2O5/c1-4-12-25(13-5-2)21(27)15-31-24(30)17-10-11-18-19(14-17)23(29)26(22(18)28)20-9-7-6-8-16(20)3/h4-11,14H,1-2,12-13,15H2,3H3. The van der Waals surface area contributed by atoms with Gasteiger partial charge in [-0.15, -0.1) is 13.2 Å². The van der Waals surface area contributed by atoms with E-state index in [4.69, 9.17) is 4.74 Å². The van der Waals surface area contributed by atoms with Crippen molar-refractivity contribution in [1.29, 1.82) is 0 Å².